The van der Waals surface area contributed by atoms with E-state index in [0.29, 0.717) is 6.54 Å². The number of pyridine rings is 1. The molecule has 1 atom stereocenters. The fourth-order valence-electron chi connectivity index (χ4n) is 2.46. The van der Waals surface area contributed by atoms with Crippen LogP contribution in [0.3, 0.4) is 0 Å². The van der Waals surface area contributed by atoms with E-state index >= 15 is 0 Å². The standard InChI is InChI=1S/C14H21FN4O/c1-10(19-5-3-2-4-6-19)8-18-14(20)12-7-11(15)9-17-13(12)16/h7,9-10H,2-6,8H2,1H3,(H2,16,17)(H,18,20). The Morgan fingerprint density at radius 1 is 1.50 bits per heavy atom. The van der Waals surface area contributed by atoms with E-state index in [2.05, 4.69) is 22.1 Å². The van der Waals surface area contributed by atoms with Gasteiger partial charge in [0.15, 0.2) is 0 Å². The summed E-state index contributed by atoms with van der Waals surface area (Å²) in [4.78, 5) is 18.0. The fraction of sp³-hybridized carbons (Fsp3) is 0.571. The summed E-state index contributed by atoms with van der Waals surface area (Å²) in [5.41, 5.74) is 5.68. The lowest BCUT2D eigenvalue weighted by Gasteiger charge is -2.32. The van der Waals surface area contributed by atoms with Crippen molar-refractivity contribution in [1.82, 2.24) is 15.2 Å². The second-order valence-corrected chi connectivity index (χ2v) is 5.24. The number of rotatable bonds is 4. The minimum Gasteiger partial charge on any atom is -0.383 e. The van der Waals surface area contributed by atoms with Gasteiger partial charge in [-0.2, -0.15) is 0 Å². The van der Waals surface area contributed by atoms with Crippen LogP contribution in [-0.4, -0.2) is 41.5 Å². The van der Waals surface area contributed by atoms with Crippen LogP contribution in [0.2, 0.25) is 0 Å². The molecule has 0 radical (unpaired) electrons. The van der Waals surface area contributed by atoms with E-state index in [9.17, 15) is 9.18 Å². The van der Waals surface area contributed by atoms with Crippen LogP contribution in [0.15, 0.2) is 12.3 Å². The number of nitrogens with two attached hydrogens (primary N) is 1. The zero-order valence-corrected chi connectivity index (χ0v) is 11.7. The third-order valence-electron chi connectivity index (χ3n) is 3.70. The molecule has 1 amide bonds. The van der Waals surface area contributed by atoms with Crippen LogP contribution in [0.25, 0.3) is 0 Å². The minimum atomic E-state index is -0.562. The predicted octanol–water partition coefficient (Wildman–Crippen LogP) is 1.41. The topological polar surface area (TPSA) is 71.2 Å². The lowest BCUT2D eigenvalue weighted by atomic mass is 10.1. The highest BCUT2D eigenvalue weighted by Gasteiger charge is 2.18. The molecule has 5 nitrogen and oxygen atoms in total. The smallest absolute Gasteiger partial charge is 0.255 e. The highest BCUT2D eigenvalue weighted by atomic mass is 19.1. The molecule has 0 aromatic carbocycles. The summed E-state index contributed by atoms with van der Waals surface area (Å²) in [5, 5.41) is 2.80. The summed E-state index contributed by atoms with van der Waals surface area (Å²) in [6.07, 6.45) is 4.70. The van der Waals surface area contributed by atoms with Crippen molar-refractivity contribution >= 4 is 11.7 Å². The highest BCUT2D eigenvalue weighted by Crippen LogP contribution is 2.12. The van der Waals surface area contributed by atoms with Crippen molar-refractivity contribution in [2.75, 3.05) is 25.4 Å². The van der Waals surface area contributed by atoms with Gasteiger partial charge in [-0.3, -0.25) is 9.69 Å². The molecule has 1 aromatic rings. The van der Waals surface area contributed by atoms with Gasteiger partial charge < -0.3 is 11.1 Å². The molecule has 1 aliphatic rings. The monoisotopic (exact) mass is 280 g/mol. The number of nitrogen functional groups attached to an aromatic ring is 1. The van der Waals surface area contributed by atoms with Crippen LogP contribution < -0.4 is 11.1 Å². The van der Waals surface area contributed by atoms with Crippen molar-refractivity contribution in [3.63, 3.8) is 0 Å². The third kappa shape index (κ3) is 3.66. The molecule has 0 spiro atoms. The number of carbonyl (C=O) groups excluding carboxylic acids is 1. The van der Waals surface area contributed by atoms with E-state index in [1.165, 1.54) is 19.3 Å². The Bertz CT molecular complexity index is 474. The van der Waals surface area contributed by atoms with Crippen molar-refractivity contribution in [3.05, 3.63) is 23.6 Å². The molecule has 1 aromatic heterocycles. The molecular formula is C14H21FN4O. The molecule has 3 N–H and O–H groups in total. The maximum absolute atomic E-state index is 13.1. The van der Waals surface area contributed by atoms with Crippen LogP contribution in [0.4, 0.5) is 10.2 Å². The lowest BCUT2D eigenvalue weighted by Crippen LogP contribution is -2.44. The van der Waals surface area contributed by atoms with Gasteiger partial charge in [0, 0.05) is 12.6 Å². The van der Waals surface area contributed by atoms with Gasteiger partial charge in [0.1, 0.15) is 11.6 Å². The van der Waals surface area contributed by atoms with E-state index in [1.807, 2.05) is 0 Å². The molecule has 0 saturated carbocycles. The Morgan fingerprint density at radius 3 is 2.90 bits per heavy atom. The zero-order chi connectivity index (χ0) is 14.5. The first kappa shape index (κ1) is 14.7. The van der Waals surface area contributed by atoms with E-state index in [0.717, 1.165) is 25.4 Å². The maximum Gasteiger partial charge on any atom is 0.255 e. The predicted molar refractivity (Wildman–Crippen MR) is 75.8 cm³/mol. The largest absolute Gasteiger partial charge is 0.383 e. The normalized spacial score (nSPS) is 17.7. The molecule has 2 heterocycles. The van der Waals surface area contributed by atoms with Crippen LogP contribution in [0.5, 0.6) is 0 Å². The summed E-state index contributed by atoms with van der Waals surface area (Å²) in [5.74, 6) is -0.888. The van der Waals surface area contributed by atoms with Crippen LogP contribution in [-0.2, 0) is 0 Å². The number of halogens is 1. The van der Waals surface area contributed by atoms with Gasteiger partial charge in [0.05, 0.1) is 11.8 Å². The van der Waals surface area contributed by atoms with Gasteiger partial charge in [-0.05, 0) is 38.9 Å². The summed E-state index contributed by atoms with van der Waals surface area (Å²) in [6, 6.07) is 1.38. The summed E-state index contributed by atoms with van der Waals surface area (Å²) in [6.45, 7) is 4.75. The van der Waals surface area contributed by atoms with Gasteiger partial charge in [-0.25, -0.2) is 9.37 Å². The Hall–Kier alpha value is -1.69. The molecule has 20 heavy (non-hydrogen) atoms. The average Bonchev–Trinajstić information content (AvgIpc) is 2.47. The molecule has 2 rings (SSSR count). The molecule has 1 saturated heterocycles. The van der Waals surface area contributed by atoms with Gasteiger partial charge in [-0.1, -0.05) is 6.42 Å². The molecular weight excluding hydrogens is 259 g/mol. The maximum atomic E-state index is 13.1. The van der Waals surface area contributed by atoms with E-state index in [-0.39, 0.29) is 23.3 Å². The Labute approximate surface area is 118 Å². The first-order valence-electron chi connectivity index (χ1n) is 7.01. The van der Waals surface area contributed by atoms with E-state index in [4.69, 9.17) is 5.73 Å². The van der Waals surface area contributed by atoms with Crippen LogP contribution >= 0.6 is 0 Å². The van der Waals surface area contributed by atoms with E-state index < -0.39 is 5.82 Å². The number of amides is 1. The van der Waals surface area contributed by atoms with Crippen LogP contribution in [0.1, 0.15) is 36.5 Å². The number of aromatic nitrogens is 1. The lowest BCUT2D eigenvalue weighted by molar-refractivity contribution is 0.0930. The highest BCUT2D eigenvalue weighted by molar-refractivity contribution is 5.98. The number of carbonyl (C=O) groups is 1. The van der Waals surface area contributed by atoms with Crippen molar-refractivity contribution in [3.8, 4) is 0 Å². The SMILES string of the molecule is CC(CNC(=O)c1cc(F)cnc1N)N1CCCCC1. The summed E-state index contributed by atoms with van der Waals surface area (Å²) in [7, 11) is 0. The van der Waals surface area contributed by atoms with Crippen molar-refractivity contribution in [2.45, 2.75) is 32.2 Å². The third-order valence-corrected chi connectivity index (χ3v) is 3.70. The Morgan fingerprint density at radius 2 is 2.20 bits per heavy atom. The second-order valence-electron chi connectivity index (χ2n) is 5.24. The van der Waals surface area contributed by atoms with Gasteiger partial charge in [0.2, 0.25) is 0 Å². The van der Waals surface area contributed by atoms with E-state index in [1.54, 1.807) is 0 Å². The van der Waals surface area contributed by atoms with Crippen LogP contribution in [0, 0.1) is 5.82 Å². The Kier molecular flexibility index (Phi) is 4.89. The van der Waals surface area contributed by atoms with Gasteiger partial charge >= 0.3 is 0 Å². The molecule has 1 unspecified atom stereocenters. The fourth-order valence-corrected chi connectivity index (χ4v) is 2.46. The number of hydrogen-bond donors (Lipinski definition) is 2. The zero-order valence-electron chi connectivity index (χ0n) is 11.7. The molecule has 6 heteroatoms. The first-order chi connectivity index (χ1) is 9.58. The molecule has 0 bridgehead atoms. The van der Waals surface area contributed by atoms with Crippen molar-refractivity contribution in [1.29, 1.82) is 0 Å². The number of nitrogens with zero attached hydrogens (tertiary/aromatic N) is 2. The molecule has 1 aliphatic heterocycles. The number of anilines is 1. The molecule has 110 valence electrons. The number of piperidine rings is 1. The summed E-state index contributed by atoms with van der Waals surface area (Å²) < 4.78 is 13.1. The second kappa shape index (κ2) is 6.65. The minimum absolute atomic E-state index is 0.0505. The summed E-state index contributed by atoms with van der Waals surface area (Å²) >= 11 is 0. The Balaban J connectivity index is 1.89. The average molecular weight is 280 g/mol. The quantitative estimate of drug-likeness (QED) is 0.874. The number of likely N-dealkylation sites (tertiary alicyclic amines) is 1. The number of nitrogens with one attached hydrogen (secondary N) is 1. The number of hydrogen-bond acceptors (Lipinski definition) is 4. The molecule has 0 aliphatic carbocycles. The van der Waals surface area contributed by atoms with Crippen molar-refractivity contribution < 1.29 is 9.18 Å². The first-order valence-corrected chi connectivity index (χ1v) is 7.01. The van der Waals surface area contributed by atoms with Gasteiger partial charge in [-0.15, -0.1) is 0 Å². The molecule has 1 fully saturated rings. The van der Waals surface area contributed by atoms with Gasteiger partial charge in [0.25, 0.3) is 5.91 Å². The van der Waals surface area contributed by atoms with Crippen molar-refractivity contribution in [2.24, 2.45) is 0 Å².